The van der Waals surface area contributed by atoms with Crippen LogP contribution < -0.4 is 5.32 Å². The van der Waals surface area contributed by atoms with E-state index >= 15 is 0 Å². The first kappa shape index (κ1) is 41.5. The second-order valence-electron chi connectivity index (χ2n) is 22.3. The Morgan fingerprint density at radius 1 is 0.897 bits per heavy atom. The number of nitrogens with zero attached hydrogens (tertiary/aromatic N) is 2. The number of rotatable bonds is 10. The van der Waals surface area contributed by atoms with E-state index in [1.807, 2.05) is 33.3 Å². The summed E-state index contributed by atoms with van der Waals surface area (Å²) < 4.78 is 8.51. The molecule has 5 fully saturated rings. The van der Waals surface area contributed by atoms with Crippen molar-refractivity contribution in [3.63, 3.8) is 0 Å². The molecule has 58 heavy (non-hydrogen) atoms. The maximum Gasteiger partial charge on any atom is 0.309 e. The average Bonchev–Trinajstić information content (AvgIpc) is 3.71. The number of fused-ring (bicyclic) bond motifs is 7. The Balaban J connectivity index is 0.983. The summed E-state index contributed by atoms with van der Waals surface area (Å²) in [7, 11) is 0. The monoisotopic (exact) mass is 794 g/mol. The third-order valence-electron chi connectivity index (χ3n) is 18.7. The third kappa shape index (κ3) is 6.13. The van der Waals surface area contributed by atoms with Crippen LogP contribution in [0.15, 0.2) is 47.9 Å². The molecule has 1 heterocycles. The van der Waals surface area contributed by atoms with Crippen LogP contribution in [0.1, 0.15) is 144 Å². The van der Waals surface area contributed by atoms with E-state index in [2.05, 4.69) is 87.6 Å². The number of aliphatic carboxylic acids is 1. The van der Waals surface area contributed by atoms with Gasteiger partial charge in [-0.1, -0.05) is 80.0 Å². The molecule has 1 aromatic heterocycles. The zero-order valence-electron chi connectivity index (χ0n) is 37.2. The Hall–Kier alpha value is -3.26. The average molecular weight is 794 g/mol. The number of aryl methyl sites for hydroxylation is 1. The molecule has 0 unspecified atom stereocenters. The van der Waals surface area contributed by atoms with E-state index in [1.165, 1.54) is 18.4 Å². The van der Waals surface area contributed by atoms with Gasteiger partial charge >= 0.3 is 11.9 Å². The lowest BCUT2D eigenvalue weighted by Crippen LogP contribution is -2.66. The molecule has 0 amide bonds. The van der Waals surface area contributed by atoms with E-state index in [0.29, 0.717) is 36.4 Å². The van der Waals surface area contributed by atoms with Crippen LogP contribution in [0.25, 0.3) is 5.69 Å². The fourth-order valence-corrected chi connectivity index (χ4v) is 15.1. The van der Waals surface area contributed by atoms with Crippen molar-refractivity contribution < 1.29 is 24.2 Å². The molecule has 0 spiro atoms. The Morgan fingerprint density at radius 3 is 2.26 bits per heavy atom. The van der Waals surface area contributed by atoms with E-state index in [4.69, 9.17) is 4.74 Å². The zero-order valence-corrected chi connectivity index (χ0v) is 37.2. The number of Topliss-reactive ketones (excluding diaryl/α,β-unsaturated/α-hetero) is 1. The molecule has 6 aliphatic rings. The van der Waals surface area contributed by atoms with E-state index in [9.17, 15) is 19.5 Å². The fraction of sp³-hybridized carbons (Fsp3) is 0.720. The summed E-state index contributed by atoms with van der Waals surface area (Å²) in [5, 5.41) is 13.5. The van der Waals surface area contributed by atoms with Gasteiger partial charge in [-0.25, -0.2) is 4.98 Å². The van der Waals surface area contributed by atoms with Crippen LogP contribution in [0.2, 0.25) is 0 Å². The third-order valence-corrected chi connectivity index (χ3v) is 18.7. The minimum Gasteiger partial charge on any atom is -0.481 e. The highest BCUT2D eigenvalue weighted by molar-refractivity contribution is 6.00. The number of ether oxygens (including phenoxy) is 1. The van der Waals surface area contributed by atoms with Crippen molar-refractivity contribution >= 4 is 17.7 Å². The van der Waals surface area contributed by atoms with Gasteiger partial charge in [-0.05, 0) is 146 Å². The first-order chi connectivity index (χ1) is 27.2. The number of benzene rings is 1. The van der Waals surface area contributed by atoms with Crippen molar-refractivity contribution in [1.82, 2.24) is 14.9 Å². The molecule has 8 heteroatoms. The highest BCUT2D eigenvalue weighted by Crippen LogP contribution is 2.77. The van der Waals surface area contributed by atoms with E-state index < -0.39 is 17.3 Å². The summed E-state index contributed by atoms with van der Waals surface area (Å²) in [5.41, 5.74) is 5.67. The zero-order chi connectivity index (χ0) is 41.8. The molecule has 5 saturated carbocycles. The van der Waals surface area contributed by atoms with Crippen molar-refractivity contribution in [2.24, 2.45) is 68.0 Å². The molecule has 0 aliphatic heterocycles. The highest BCUT2D eigenvalue weighted by atomic mass is 16.5. The molecular formula is C50H71N3O5. The fourth-order valence-electron chi connectivity index (χ4n) is 15.1. The number of carbonyl (C=O) groups excluding carboxylic acids is 2. The van der Waals surface area contributed by atoms with Crippen LogP contribution in [0.3, 0.4) is 0 Å². The lowest BCUT2D eigenvalue weighted by molar-refractivity contribution is -0.236. The number of esters is 1. The van der Waals surface area contributed by atoms with Gasteiger partial charge in [0.2, 0.25) is 0 Å². The number of allylic oxidation sites excluding steroid dienone is 2. The SMILES string of the molecule is Cc1cn(-c2ccc(CNCC[C@@]34CC[C@]5(C)[C@H](CC[C@@H]6[C@@]7(C)CC[C@H](OC(=O)[C@H]8C[C@@H](C(=O)O)C8(C)C)C(C)(C)[C@@H]7CC[C@]65C)C3=C(C(C)C)C(=O)C4)cc2)cn1. The summed E-state index contributed by atoms with van der Waals surface area (Å²) in [6.45, 7) is 24.6. The molecule has 6 aliphatic carbocycles. The van der Waals surface area contributed by atoms with Crippen LogP contribution in [0, 0.1) is 74.9 Å². The summed E-state index contributed by atoms with van der Waals surface area (Å²) in [6.07, 6.45) is 14.6. The van der Waals surface area contributed by atoms with Gasteiger partial charge in [0.1, 0.15) is 6.10 Å². The largest absolute Gasteiger partial charge is 0.481 e. The van der Waals surface area contributed by atoms with Gasteiger partial charge in [0.15, 0.2) is 5.78 Å². The number of carbonyl (C=O) groups is 3. The van der Waals surface area contributed by atoms with E-state index in [1.54, 1.807) is 5.57 Å². The molecule has 2 N–H and O–H groups in total. The number of carboxylic acids is 1. The minimum atomic E-state index is -0.816. The molecule has 10 atom stereocenters. The van der Waals surface area contributed by atoms with Crippen molar-refractivity contribution in [1.29, 1.82) is 0 Å². The molecule has 8 rings (SSSR count). The summed E-state index contributed by atoms with van der Waals surface area (Å²) >= 11 is 0. The predicted molar refractivity (Wildman–Crippen MR) is 227 cm³/mol. The Morgan fingerprint density at radius 2 is 1.62 bits per heavy atom. The van der Waals surface area contributed by atoms with Crippen LogP contribution in [0.4, 0.5) is 0 Å². The number of ketones is 1. The predicted octanol–water partition coefficient (Wildman–Crippen LogP) is 10.3. The van der Waals surface area contributed by atoms with Crippen LogP contribution in [-0.2, 0) is 25.7 Å². The smallest absolute Gasteiger partial charge is 0.309 e. The van der Waals surface area contributed by atoms with Crippen molar-refractivity contribution in [3.8, 4) is 5.69 Å². The number of aromatic nitrogens is 2. The quantitative estimate of drug-likeness (QED) is 0.182. The maximum atomic E-state index is 14.2. The molecule has 2 aromatic rings. The molecule has 0 bridgehead atoms. The topological polar surface area (TPSA) is 111 Å². The minimum absolute atomic E-state index is 0.0509. The van der Waals surface area contributed by atoms with Crippen molar-refractivity contribution in [2.45, 2.75) is 153 Å². The standard InChI is InChI=1S/C50H71N3O5/c1-30(2)41-37(54)26-50(23-24-51-27-32-11-13-33(14-12-32)53-28-31(3)52-29-53)22-21-48(9)34(42(41)50)15-16-39-47(8)19-18-40(46(6,7)38(47)17-20-49(39,48)10)58-44(57)36-25-35(43(55)56)45(36,4)5/h11-14,28-30,34-36,38-40,51H,15-27H2,1-10H3,(H,55,56)/t34-,35+,36-,38+,39-,40+,47+,48-,49-,50-/m1/s1. The lowest BCUT2D eigenvalue weighted by Gasteiger charge is -2.72. The summed E-state index contributed by atoms with van der Waals surface area (Å²) in [6, 6.07) is 8.72. The summed E-state index contributed by atoms with van der Waals surface area (Å²) in [5.74, 6) is 0.191. The van der Waals surface area contributed by atoms with Crippen LogP contribution >= 0.6 is 0 Å². The number of hydrogen-bond acceptors (Lipinski definition) is 6. The maximum absolute atomic E-state index is 14.2. The van der Waals surface area contributed by atoms with Gasteiger partial charge in [0.25, 0.3) is 0 Å². The van der Waals surface area contributed by atoms with E-state index in [0.717, 1.165) is 75.0 Å². The molecule has 1 aromatic carbocycles. The molecule has 0 saturated heterocycles. The highest BCUT2D eigenvalue weighted by Gasteiger charge is 2.70. The Labute approximate surface area is 347 Å². The van der Waals surface area contributed by atoms with Gasteiger partial charge in [-0.15, -0.1) is 0 Å². The molecule has 8 nitrogen and oxygen atoms in total. The Kier molecular flexibility index (Phi) is 10.1. The lowest BCUT2D eigenvalue weighted by atomic mass is 9.33. The normalized spacial score (nSPS) is 38.6. The van der Waals surface area contributed by atoms with Gasteiger partial charge in [-0.3, -0.25) is 14.4 Å². The van der Waals surface area contributed by atoms with Crippen LogP contribution in [0.5, 0.6) is 0 Å². The molecular weight excluding hydrogens is 723 g/mol. The summed E-state index contributed by atoms with van der Waals surface area (Å²) in [4.78, 5) is 44.0. The van der Waals surface area contributed by atoms with Gasteiger partial charge < -0.3 is 19.7 Å². The van der Waals surface area contributed by atoms with E-state index in [-0.39, 0.29) is 51.0 Å². The van der Waals surface area contributed by atoms with Gasteiger partial charge in [0.05, 0.1) is 23.9 Å². The number of hydrogen-bond donors (Lipinski definition) is 2. The van der Waals surface area contributed by atoms with Crippen molar-refractivity contribution in [3.05, 3.63) is 59.2 Å². The first-order valence-corrected chi connectivity index (χ1v) is 22.7. The number of imidazole rings is 1. The van der Waals surface area contributed by atoms with Crippen LogP contribution in [-0.4, -0.2) is 45.0 Å². The second-order valence-corrected chi connectivity index (χ2v) is 22.3. The Bertz CT molecular complexity index is 1990. The molecule has 316 valence electrons. The number of nitrogens with one attached hydrogen (secondary N) is 1. The second kappa shape index (κ2) is 14.2. The first-order valence-electron chi connectivity index (χ1n) is 22.7. The van der Waals surface area contributed by atoms with Gasteiger partial charge in [-0.2, -0.15) is 0 Å². The number of carboxylic acid groups (broad SMARTS) is 1. The van der Waals surface area contributed by atoms with Gasteiger partial charge in [0, 0.05) is 35.7 Å². The van der Waals surface area contributed by atoms with Crippen molar-refractivity contribution in [2.75, 3.05) is 6.54 Å². The molecule has 0 radical (unpaired) electrons.